The lowest BCUT2D eigenvalue weighted by Crippen LogP contribution is -2.39. The van der Waals surface area contributed by atoms with E-state index in [1.807, 2.05) is 0 Å². The molecule has 1 amide bonds. The van der Waals surface area contributed by atoms with Gasteiger partial charge in [0.05, 0.1) is 0 Å². The highest BCUT2D eigenvalue weighted by molar-refractivity contribution is 6.18. The number of hydrogen-bond acceptors (Lipinski definition) is 1. The SMILES string of the molecule is CCCCCCCCCCCC(=O)NC(CCl)C(C)C. The van der Waals surface area contributed by atoms with E-state index in [4.69, 9.17) is 11.6 Å². The van der Waals surface area contributed by atoms with Gasteiger partial charge >= 0.3 is 0 Å². The molecule has 120 valence electrons. The quantitative estimate of drug-likeness (QED) is 0.364. The summed E-state index contributed by atoms with van der Waals surface area (Å²) in [5, 5.41) is 3.02. The Balaban J connectivity index is 3.39. The van der Waals surface area contributed by atoms with Crippen molar-refractivity contribution in [2.45, 2.75) is 91.0 Å². The molecule has 20 heavy (non-hydrogen) atoms. The number of carbonyl (C=O) groups is 1. The third kappa shape index (κ3) is 11.6. The van der Waals surface area contributed by atoms with Crippen molar-refractivity contribution in [1.82, 2.24) is 5.32 Å². The van der Waals surface area contributed by atoms with Crippen LogP contribution in [0.4, 0.5) is 0 Å². The zero-order valence-electron chi connectivity index (χ0n) is 13.7. The summed E-state index contributed by atoms with van der Waals surface area (Å²) in [6, 6.07) is 0.114. The molecule has 0 fully saturated rings. The van der Waals surface area contributed by atoms with Gasteiger partial charge in [-0.1, -0.05) is 72.1 Å². The molecule has 1 atom stereocenters. The lowest BCUT2D eigenvalue weighted by molar-refractivity contribution is -0.122. The molecule has 0 aliphatic carbocycles. The Bertz CT molecular complexity index is 231. The fraction of sp³-hybridized carbons (Fsp3) is 0.941. The molecule has 0 aromatic rings. The Morgan fingerprint density at radius 3 is 1.90 bits per heavy atom. The molecule has 0 radical (unpaired) electrons. The molecule has 0 aromatic heterocycles. The number of nitrogens with one attached hydrogen (secondary N) is 1. The van der Waals surface area contributed by atoms with Crippen molar-refractivity contribution in [1.29, 1.82) is 0 Å². The number of carbonyl (C=O) groups excluding carboxylic acids is 1. The molecular weight excluding hydrogens is 270 g/mol. The van der Waals surface area contributed by atoms with Crippen molar-refractivity contribution in [3.05, 3.63) is 0 Å². The van der Waals surface area contributed by atoms with Gasteiger partial charge in [-0.15, -0.1) is 11.6 Å². The first-order chi connectivity index (χ1) is 9.61. The van der Waals surface area contributed by atoms with Gasteiger partial charge < -0.3 is 5.32 Å². The maximum atomic E-state index is 11.8. The van der Waals surface area contributed by atoms with Crippen LogP contribution in [-0.4, -0.2) is 17.8 Å². The summed E-state index contributed by atoms with van der Waals surface area (Å²) in [7, 11) is 0. The monoisotopic (exact) mass is 303 g/mol. The van der Waals surface area contributed by atoms with Crippen molar-refractivity contribution < 1.29 is 4.79 Å². The van der Waals surface area contributed by atoms with E-state index in [-0.39, 0.29) is 11.9 Å². The summed E-state index contributed by atoms with van der Waals surface area (Å²) in [5.41, 5.74) is 0. The minimum absolute atomic E-state index is 0.114. The van der Waals surface area contributed by atoms with E-state index in [0.717, 1.165) is 6.42 Å². The van der Waals surface area contributed by atoms with Crippen molar-refractivity contribution in [2.24, 2.45) is 5.92 Å². The van der Waals surface area contributed by atoms with Gasteiger partial charge in [0.2, 0.25) is 5.91 Å². The summed E-state index contributed by atoms with van der Waals surface area (Å²) in [6.07, 6.45) is 12.2. The van der Waals surface area contributed by atoms with Crippen LogP contribution >= 0.6 is 11.6 Å². The average molecular weight is 304 g/mol. The number of rotatable bonds is 13. The van der Waals surface area contributed by atoms with Gasteiger partial charge in [0.25, 0.3) is 0 Å². The average Bonchev–Trinajstić information content (AvgIpc) is 2.42. The zero-order valence-corrected chi connectivity index (χ0v) is 14.5. The molecule has 0 aliphatic rings. The van der Waals surface area contributed by atoms with E-state index in [1.165, 1.54) is 51.4 Å². The fourth-order valence-electron chi connectivity index (χ4n) is 2.26. The molecule has 0 heterocycles. The van der Waals surface area contributed by atoms with Crippen LogP contribution in [0.15, 0.2) is 0 Å². The Morgan fingerprint density at radius 2 is 1.45 bits per heavy atom. The van der Waals surface area contributed by atoms with Gasteiger partial charge in [-0.05, 0) is 12.3 Å². The van der Waals surface area contributed by atoms with Gasteiger partial charge in [0.15, 0.2) is 0 Å². The Morgan fingerprint density at radius 1 is 0.950 bits per heavy atom. The van der Waals surface area contributed by atoms with Crippen LogP contribution in [0.25, 0.3) is 0 Å². The molecule has 0 saturated carbocycles. The van der Waals surface area contributed by atoms with Gasteiger partial charge in [-0.3, -0.25) is 4.79 Å². The van der Waals surface area contributed by atoms with Crippen LogP contribution in [0, 0.1) is 5.92 Å². The molecule has 2 nitrogen and oxygen atoms in total. The third-order valence-electron chi connectivity index (χ3n) is 3.82. The molecule has 1 unspecified atom stereocenters. The van der Waals surface area contributed by atoms with Crippen molar-refractivity contribution in [3.63, 3.8) is 0 Å². The van der Waals surface area contributed by atoms with E-state index >= 15 is 0 Å². The molecule has 0 aliphatic heterocycles. The summed E-state index contributed by atoms with van der Waals surface area (Å²) in [4.78, 5) is 11.8. The first-order valence-corrected chi connectivity index (χ1v) is 9.00. The van der Waals surface area contributed by atoms with Crippen LogP contribution in [0.1, 0.15) is 85.0 Å². The lowest BCUT2D eigenvalue weighted by Gasteiger charge is -2.19. The topological polar surface area (TPSA) is 29.1 Å². The Kier molecular flexibility index (Phi) is 13.6. The van der Waals surface area contributed by atoms with Gasteiger partial charge in [0.1, 0.15) is 0 Å². The summed E-state index contributed by atoms with van der Waals surface area (Å²) >= 11 is 5.85. The minimum atomic E-state index is 0.114. The third-order valence-corrected chi connectivity index (χ3v) is 4.16. The highest BCUT2D eigenvalue weighted by Crippen LogP contribution is 2.11. The van der Waals surface area contributed by atoms with Crippen molar-refractivity contribution >= 4 is 17.5 Å². The van der Waals surface area contributed by atoms with E-state index < -0.39 is 0 Å². The fourth-order valence-corrected chi connectivity index (χ4v) is 2.69. The molecule has 3 heteroatoms. The number of amides is 1. The molecule has 0 saturated heterocycles. The molecule has 0 bridgehead atoms. The maximum Gasteiger partial charge on any atom is 0.220 e. The second kappa shape index (κ2) is 13.7. The van der Waals surface area contributed by atoms with E-state index in [0.29, 0.717) is 18.2 Å². The normalized spacial score (nSPS) is 12.7. The highest BCUT2D eigenvalue weighted by atomic mass is 35.5. The number of hydrogen-bond donors (Lipinski definition) is 1. The summed E-state index contributed by atoms with van der Waals surface area (Å²) < 4.78 is 0. The lowest BCUT2D eigenvalue weighted by atomic mass is 10.0. The van der Waals surface area contributed by atoms with Gasteiger partial charge in [0, 0.05) is 18.3 Å². The summed E-state index contributed by atoms with van der Waals surface area (Å²) in [6.45, 7) is 6.43. The van der Waals surface area contributed by atoms with E-state index in [9.17, 15) is 4.79 Å². The Hall–Kier alpha value is -0.240. The second-order valence-corrected chi connectivity index (χ2v) is 6.46. The highest BCUT2D eigenvalue weighted by Gasteiger charge is 2.14. The van der Waals surface area contributed by atoms with Crippen LogP contribution in [0.3, 0.4) is 0 Å². The second-order valence-electron chi connectivity index (χ2n) is 6.15. The standard InChI is InChI=1S/C17H34ClNO/c1-4-5-6-7-8-9-10-11-12-13-17(20)19-16(14-18)15(2)3/h15-16H,4-14H2,1-3H3,(H,19,20). The molecule has 0 spiro atoms. The van der Waals surface area contributed by atoms with Crippen LogP contribution in [0.5, 0.6) is 0 Å². The van der Waals surface area contributed by atoms with E-state index in [1.54, 1.807) is 0 Å². The molecule has 1 N–H and O–H groups in total. The largest absolute Gasteiger partial charge is 0.352 e. The summed E-state index contributed by atoms with van der Waals surface area (Å²) in [5.74, 6) is 1.06. The zero-order chi connectivity index (χ0) is 15.2. The smallest absolute Gasteiger partial charge is 0.220 e. The number of alkyl halides is 1. The Labute approximate surface area is 131 Å². The molecular formula is C17H34ClNO. The first kappa shape index (κ1) is 19.8. The first-order valence-electron chi connectivity index (χ1n) is 8.47. The molecule has 0 aromatic carbocycles. The van der Waals surface area contributed by atoms with Crippen LogP contribution < -0.4 is 5.32 Å². The number of halogens is 1. The predicted octanol–water partition coefficient (Wildman–Crippen LogP) is 5.29. The van der Waals surface area contributed by atoms with E-state index in [2.05, 4.69) is 26.1 Å². The van der Waals surface area contributed by atoms with Crippen molar-refractivity contribution in [2.75, 3.05) is 5.88 Å². The molecule has 0 rings (SSSR count). The maximum absolute atomic E-state index is 11.8. The van der Waals surface area contributed by atoms with Crippen LogP contribution in [-0.2, 0) is 4.79 Å². The van der Waals surface area contributed by atoms with Gasteiger partial charge in [-0.2, -0.15) is 0 Å². The van der Waals surface area contributed by atoms with Crippen molar-refractivity contribution in [3.8, 4) is 0 Å². The predicted molar refractivity (Wildman–Crippen MR) is 89.3 cm³/mol. The van der Waals surface area contributed by atoms with Crippen LogP contribution in [0.2, 0.25) is 0 Å². The van der Waals surface area contributed by atoms with Gasteiger partial charge in [-0.25, -0.2) is 0 Å². The number of unbranched alkanes of at least 4 members (excludes halogenated alkanes) is 8. The minimum Gasteiger partial charge on any atom is -0.352 e.